The summed E-state index contributed by atoms with van der Waals surface area (Å²) in [4.78, 5) is 16.5. The molecule has 0 radical (unpaired) electrons. The molecule has 3 N–H and O–H groups in total. The molecule has 0 spiro atoms. The summed E-state index contributed by atoms with van der Waals surface area (Å²) in [6.45, 7) is 1.41. The summed E-state index contributed by atoms with van der Waals surface area (Å²) in [7, 11) is 0. The number of fused-ring (bicyclic) bond motifs is 3. The molecular weight excluding hydrogens is 302 g/mol. The van der Waals surface area contributed by atoms with Gasteiger partial charge in [0.1, 0.15) is 11.5 Å². The van der Waals surface area contributed by atoms with E-state index in [1.807, 2.05) is 28.8 Å². The number of nitrogen functional groups attached to an aromatic ring is 1. The lowest BCUT2D eigenvalue weighted by molar-refractivity contribution is 0.0951. The first kappa shape index (κ1) is 14.3. The molecule has 3 heterocycles. The standard InChI is InChI=1S/C18H15N5O/c19-9-11-6-13-8-15-18(24)21-4-1-5-23(15)17(13)14(7-11)12-2-3-16(20)22-10-12/h2-3,6-8,10H,1,4-5H2,(H2,20,22)(H,21,24). The van der Waals surface area contributed by atoms with Gasteiger partial charge >= 0.3 is 0 Å². The Labute approximate surface area is 138 Å². The van der Waals surface area contributed by atoms with Crippen molar-refractivity contribution in [3.8, 4) is 17.2 Å². The number of carbonyl (C=O) groups excluding carboxylic acids is 1. The van der Waals surface area contributed by atoms with Crippen LogP contribution in [0.5, 0.6) is 0 Å². The number of amides is 1. The first-order valence-corrected chi connectivity index (χ1v) is 7.75. The normalized spacial score (nSPS) is 13.9. The highest BCUT2D eigenvalue weighted by molar-refractivity contribution is 6.03. The average Bonchev–Trinajstić information content (AvgIpc) is 2.87. The predicted octanol–water partition coefficient (Wildman–Crippen LogP) is 2.29. The van der Waals surface area contributed by atoms with Gasteiger partial charge in [-0.2, -0.15) is 5.26 Å². The van der Waals surface area contributed by atoms with Crippen LogP contribution < -0.4 is 11.1 Å². The second kappa shape index (κ2) is 5.39. The number of pyridine rings is 1. The summed E-state index contributed by atoms with van der Waals surface area (Å²) < 4.78 is 2.03. The van der Waals surface area contributed by atoms with Gasteiger partial charge in [0.05, 0.1) is 17.1 Å². The first-order chi connectivity index (χ1) is 11.7. The van der Waals surface area contributed by atoms with Gasteiger partial charge in [-0.3, -0.25) is 4.79 Å². The van der Waals surface area contributed by atoms with Crippen molar-refractivity contribution >= 4 is 22.6 Å². The molecule has 0 unspecified atom stereocenters. The minimum Gasteiger partial charge on any atom is -0.384 e. The van der Waals surface area contributed by atoms with E-state index in [-0.39, 0.29) is 5.91 Å². The van der Waals surface area contributed by atoms with E-state index in [1.54, 1.807) is 12.3 Å². The molecule has 6 nitrogen and oxygen atoms in total. The van der Waals surface area contributed by atoms with E-state index in [9.17, 15) is 10.1 Å². The largest absolute Gasteiger partial charge is 0.384 e. The number of carbonyl (C=O) groups is 1. The second-order valence-corrected chi connectivity index (χ2v) is 5.84. The number of nitrogens with one attached hydrogen (secondary N) is 1. The highest BCUT2D eigenvalue weighted by atomic mass is 16.1. The van der Waals surface area contributed by atoms with E-state index < -0.39 is 0 Å². The number of nitriles is 1. The fourth-order valence-corrected chi connectivity index (χ4v) is 3.21. The molecule has 0 aliphatic carbocycles. The summed E-state index contributed by atoms with van der Waals surface area (Å²) in [5.74, 6) is 0.364. The zero-order valence-electron chi connectivity index (χ0n) is 12.9. The van der Waals surface area contributed by atoms with Crippen LogP contribution >= 0.6 is 0 Å². The molecule has 2 aromatic heterocycles. The fraction of sp³-hybridized carbons (Fsp3) is 0.167. The molecule has 1 aromatic carbocycles. The highest BCUT2D eigenvalue weighted by Crippen LogP contribution is 2.33. The lowest BCUT2D eigenvalue weighted by Crippen LogP contribution is -2.22. The summed E-state index contributed by atoms with van der Waals surface area (Å²) in [6, 6.07) is 11.3. The van der Waals surface area contributed by atoms with Gasteiger partial charge in [0, 0.05) is 35.8 Å². The number of aromatic nitrogens is 2. The molecule has 6 heteroatoms. The van der Waals surface area contributed by atoms with Crippen molar-refractivity contribution in [3.63, 3.8) is 0 Å². The van der Waals surface area contributed by atoms with Crippen LogP contribution in [-0.4, -0.2) is 22.0 Å². The maximum atomic E-state index is 12.3. The van der Waals surface area contributed by atoms with Gasteiger partial charge in [0.2, 0.25) is 0 Å². The smallest absolute Gasteiger partial charge is 0.267 e. The molecule has 4 rings (SSSR count). The average molecular weight is 317 g/mol. The molecule has 0 saturated carbocycles. The zero-order chi connectivity index (χ0) is 16.7. The van der Waals surface area contributed by atoms with Gasteiger partial charge in [-0.05, 0) is 36.8 Å². The van der Waals surface area contributed by atoms with E-state index >= 15 is 0 Å². The SMILES string of the molecule is N#Cc1cc(-c2ccc(N)nc2)c2c(c1)cc1n2CCCNC1=O. The molecule has 1 amide bonds. The number of hydrogen-bond donors (Lipinski definition) is 2. The van der Waals surface area contributed by atoms with Crippen molar-refractivity contribution in [2.45, 2.75) is 13.0 Å². The van der Waals surface area contributed by atoms with Crippen LogP contribution in [0.1, 0.15) is 22.5 Å². The van der Waals surface area contributed by atoms with Crippen molar-refractivity contribution in [1.29, 1.82) is 5.26 Å². The Morgan fingerprint density at radius 3 is 2.92 bits per heavy atom. The van der Waals surface area contributed by atoms with Gasteiger partial charge in [-0.1, -0.05) is 0 Å². The maximum Gasteiger partial charge on any atom is 0.267 e. The maximum absolute atomic E-state index is 12.3. The Morgan fingerprint density at radius 2 is 2.17 bits per heavy atom. The summed E-state index contributed by atoms with van der Waals surface area (Å²) in [6.07, 6.45) is 2.56. The van der Waals surface area contributed by atoms with E-state index in [1.165, 1.54) is 0 Å². The molecule has 24 heavy (non-hydrogen) atoms. The predicted molar refractivity (Wildman–Crippen MR) is 91.2 cm³/mol. The summed E-state index contributed by atoms with van der Waals surface area (Å²) >= 11 is 0. The number of benzene rings is 1. The van der Waals surface area contributed by atoms with Gasteiger partial charge in [0.25, 0.3) is 5.91 Å². The monoisotopic (exact) mass is 317 g/mol. The van der Waals surface area contributed by atoms with Crippen LogP contribution in [0.4, 0.5) is 5.82 Å². The minimum absolute atomic E-state index is 0.0800. The lowest BCUT2D eigenvalue weighted by atomic mass is 10.0. The molecule has 0 bridgehead atoms. The molecular formula is C18H15N5O. The molecule has 0 saturated heterocycles. The zero-order valence-corrected chi connectivity index (χ0v) is 12.9. The number of nitrogens with zero attached hydrogens (tertiary/aromatic N) is 3. The summed E-state index contributed by atoms with van der Waals surface area (Å²) in [5.41, 5.74) is 9.57. The molecule has 0 fully saturated rings. The van der Waals surface area contributed by atoms with Crippen molar-refractivity contribution in [3.05, 3.63) is 47.8 Å². The van der Waals surface area contributed by atoms with Gasteiger partial charge < -0.3 is 15.6 Å². The number of aryl methyl sites for hydroxylation is 1. The van der Waals surface area contributed by atoms with Gasteiger partial charge in [-0.15, -0.1) is 0 Å². The van der Waals surface area contributed by atoms with E-state index in [2.05, 4.69) is 16.4 Å². The quantitative estimate of drug-likeness (QED) is 0.719. The second-order valence-electron chi connectivity index (χ2n) is 5.84. The Bertz CT molecular complexity index is 995. The Hall–Kier alpha value is -3.33. The third-order valence-corrected chi connectivity index (χ3v) is 4.30. The Kier molecular flexibility index (Phi) is 3.21. The van der Waals surface area contributed by atoms with Crippen LogP contribution in [0.25, 0.3) is 22.0 Å². The third-order valence-electron chi connectivity index (χ3n) is 4.30. The fourth-order valence-electron chi connectivity index (χ4n) is 3.21. The van der Waals surface area contributed by atoms with Crippen molar-refractivity contribution in [2.75, 3.05) is 12.3 Å². The highest BCUT2D eigenvalue weighted by Gasteiger charge is 2.21. The topological polar surface area (TPSA) is 96.7 Å². The molecule has 1 aliphatic rings. The molecule has 0 atom stereocenters. The molecule has 118 valence electrons. The minimum atomic E-state index is -0.0800. The van der Waals surface area contributed by atoms with Crippen molar-refractivity contribution in [2.24, 2.45) is 0 Å². The lowest BCUT2D eigenvalue weighted by Gasteiger charge is -2.11. The molecule has 1 aliphatic heterocycles. The third kappa shape index (κ3) is 2.18. The van der Waals surface area contributed by atoms with Crippen LogP contribution in [0.2, 0.25) is 0 Å². The van der Waals surface area contributed by atoms with Crippen molar-refractivity contribution in [1.82, 2.24) is 14.9 Å². The van der Waals surface area contributed by atoms with Crippen LogP contribution in [0, 0.1) is 11.3 Å². The van der Waals surface area contributed by atoms with Gasteiger partial charge in [-0.25, -0.2) is 4.98 Å². The van der Waals surface area contributed by atoms with Crippen LogP contribution in [0.15, 0.2) is 36.5 Å². The molecule has 3 aromatic rings. The Morgan fingerprint density at radius 1 is 1.29 bits per heavy atom. The number of nitrogens with two attached hydrogens (primary N) is 1. The van der Waals surface area contributed by atoms with E-state index in [0.29, 0.717) is 23.6 Å². The van der Waals surface area contributed by atoms with Gasteiger partial charge in [0.15, 0.2) is 0 Å². The van der Waals surface area contributed by atoms with Crippen LogP contribution in [-0.2, 0) is 6.54 Å². The van der Waals surface area contributed by atoms with Crippen molar-refractivity contribution < 1.29 is 4.79 Å². The number of rotatable bonds is 1. The Balaban J connectivity index is 2.06. The van der Waals surface area contributed by atoms with E-state index in [4.69, 9.17) is 5.73 Å². The number of hydrogen-bond acceptors (Lipinski definition) is 4. The number of anilines is 1. The van der Waals surface area contributed by atoms with Crippen LogP contribution in [0.3, 0.4) is 0 Å². The van der Waals surface area contributed by atoms with E-state index in [0.717, 1.165) is 35.0 Å². The first-order valence-electron chi connectivity index (χ1n) is 7.75. The summed E-state index contributed by atoms with van der Waals surface area (Å²) in [5, 5.41) is 13.1.